The number of amides is 2. The summed E-state index contributed by atoms with van der Waals surface area (Å²) in [6.07, 6.45) is 2.90. The summed E-state index contributed by atoms with van der Waals surface area (Å²) in [5.74, 6) is -2.18. The minimum Gasteiger partial charge on any atom is -0.481 e. The fraction of sp³-hybridized carbons (Fsp3) is 0.476. The Labute approximate surface area is 181 Å². The first-order valence-electron chi connectivity index (χ1n) is 10.0. The van der Waals surface area contributed by atoms with Gasteiger partial charge in [-0.3, -0.25) is 14.4 Å². The maximum Gasteiger partial charge on any atom is 0.308 e. The number of rotatable bonds is 8. The highest BCUT2D eigenvalue weighted by molar-refractivity contribution is 6.00. The smallest absolute Gasteiger partial charge is 0.308 e. The fourth-order valence-electron chi connectivity index (χ4n) is 4.04. The molecule has 0 aliphatic heterocycles. The first-order chi connectivity index (χ1) is 13.9. The van der Waals surface area contributed by atoms with E-state index in [1.165, 1.54) is 0 Å². The molecule has 1 aliphatic carbocycles. The van der Waals surface area contributed by atoms with Crippen molar-refractivity contribution in [2.45, 2.75) is 44.2 Å². The van der Waals surface area contributed by atoms with Crippen LogP contribution in [0.4, 0.5) is 0 Å². The van der Waals surface area contributed by atoms with E-state index in [1.807, 2.05) is 31.3 Å². The second-order valence-electron chi connectivity index (χ2n) is 7.60. The molecular weight excluding hydrogens is 408 g/mol. The molecule has 3 atom stereocenters. The predicted octanol–water partition coefficient (Wildman–Crippen LogP) is 1.81. The Balaban J connectivity index is 0.00000320. The quantitative estimate of drug-likeness (QED) is 0.502. The van der Waals surface area contributed by atoms with Gasteiger partial charge in [-0.05, 0) is 44.4 Å². The number of hydrogen-bond acceptors (Lipinski definition) is 4. The summed E-state index contributed by atoms with van der Waals surface area (Å²) < 4.78 is 1.79. The molecule has 1 heterocycles. The van der Waals surface area contributed by atoms with Crippen LogP contribution in [0.25, 0.3) is 10.9 Å². The zero-order chi connectivity index (χ0) is 21.0. The lowest BCUT2D eigenvalue weighted by molar-refractivity contribution is -0.142. The number of nitrogens with two attached hydrogens (primary N) is 1. The number of halogens is 1. The zero-order valence-corrected chi connectivity index (χ0v) is 17.8. The third-order valence-electron chi connectivity index (χ3n) is 5.66. The molecule has 1 fully saturated rings. The molecule has 30 heavy (non-hydrogen) atoms. The largest absolute Gasteiger partial charge is 0.481 e. The predicted molar refractivity (Wildman–Crippen MR) is 117 cm³/mol. The van der Waals surface area contributed by atoms with Gasteiger partial charge in [0.25, 0.3) is 5.91 Å². The topological polar surface area (TPSA) is 126 Å². The number of carbonyl (C=O) groups excluding carboxylic acids is 2. The van der Waals surface area contributed by atoms with Gasteiger partial charge in [0.05, 0.1) is 5.92 Å². The molecule has 1 aromatic carbocycles. The van der Waals surface area contributed by atoms with Gasteiger partial charge in [-0.2, -0.15) is 0 Å². The second kappa shape index (κ2) is 10.4. The van der Waals surface area contributed by atoms with E-state index in [9.17, 15) is 19.5 Å². The summed E-state index contributed by atoms with van der Waals surface area (Å²) >= 11 is 0. The van der Waals surface area contributed by atoms with E-state index in [4.69, 9.17) is 5.73 Å². The summed E-state index contributed by atoms with van der Waals surface area (Å²) in [7, 11) is 1.81. The van der Waals surface area contributed by atoms with Gasteiger partial charge in [0.2, 0.25) is 5.91 Å². The normalized spacial score (nSPS) is 19.1. The van der Waals surface area contributed by atoms with Crippen molar-refractivity contribution in [2.24, 2.45) is 18.7 Å². The van der Waals surface area contributed by atoms with Gasteiger partial charge in [-0.15, -0.1) is 12.4 Å². The van der Waals surface area contributed by atoms with E-state index in [0.717, 1.165) is 17.3 Å². The molecule has 0 radical (unpaired) electrons. The maximum absolute atomic E-state index is 12.9. The number of nitrogens with one attached hydrogen (secondary N) is 2. The van der Waals surface area contributed by atoms with E-state index in [2.05, 4.69) is 10.6 Å². The van der Waals surface area contributed by atoms with Crippen LogP contribution in [0.2, 0.25) is 0 Å². The number of nitrogens with zero attached hydrogens (tertiary/aromatic N) is 1. The minimum atomic E-state index is -0.897. The number of aromatic nitrogens is 1. The van der Waals surface area contributed by atoms with Crippen LogP contribution < -0.4 is 16.4 Å². The molecule has 0 bridgehead atoms. The van der Waals surface area contributed by atoms with Crippen molar-refractivity contribution >= 4 is 41.1 Å². The molecule has 0 unspecified atom stereocenters. The molecule has 9 heteroatoms. The van der Waals surface area contributed by atoms with Crippen LogP contribution in [-0.2, 0) is 16.6 Å². The summed E-state index contributed by atoms with van der Waals surface area (Å²) in [6.45, 7) is 0.398. The maximum atomic E-state index is 12.9. The van der Waals surface area contributed by atoms with E-state index >= 15 is 0 Å². The molecule has 2 aromatic rings. The second-order valence-corrected chi connectivity index (χ2v) is 7.60. The summed E-state index contributed by atoms with van der Waals surface area (Å²) in [6, 6.07) is 8.28. The molecular formula is C21H29ClN4O4. The summed E-state index contributed by atoms with van der Waals surface area (Å²) in [4.78, 5) is 37.1. The molecule has 3 rings (SSSR count). The zero-order valence-electron chi connectivity index (χ0n) is 17.0. The highest BCUT2D eigenvalue weighted by Gasteiger charge is 2.35. The fourth-order valence-corrected chi connectivity index (χ4v) is 4.04. The highest BCUT2D eigenvalue weighted by Crippen LogP contribution is 2.26. The van der Waals surface area contributed by atoms with Gasteiger partial charge in [0.15, 0.2) is 0 Å². The highest BCUT2D eigenvalue weighted by atomic mass is 35.5. The van der Waals surface area contributed by atoms with Gasteiger partial charge in [0, 0.05) is 24.0 Å². The molecule has 1 aromatic heterocycles. The Kier molecular flexibility index (Phi) is 8.25. The number of hydrogen-bond donors (Lipinski definition) is 4. The Morgan fingerprint density at radius 3 is 2.67 bits per heavy atom. The molecule has 0 saturated heterocycles. The van der Waals surface area contributed by atoms with Gasteiger partial charge in [0.1, 0.15) is 11.7 Å². The third-order valence-corrected chi connectivity index (χ3v) is 5.66. The van der Waals surface area contributed by atoms with Crippen LogP contribution in [0, 0.1) is 5.92 Å². The van der Waals surface area contributed by atoms with E-state index in [1.54, 1.807) is 10.6 Å². The average molecular weight is 437 g/mol. The van der Waals surface area contributed by atoms with Crippen LogP contribution in [0.15, 0.2) is 30.3 Å². The van der Waals surface area contributed by atoms with Crippen LogP contribution in [0.3, 0.4) is 0 Å². The Morgan fingerprint density at radius 1 is 1.27 bits per heavy atom. The number of carboxylic acids is 1. The van der Waals surface area contributed by atoms with Crippen LogP contribution in [0.1, 0.15) is 42.6 Å². The Morgan fingerprint density at radius 2 is 2.00 bits per heavy atom. The van der Waals surface area contributed by atoms with E-state index in [-0.39, 0.29) is 24.2 Å². The molecule has 0 spiro atoms. The number of para-hydroxylation sites is 1. The van der Waals surface area contributed by atoms with Gasteiger partial charge >= 0.3 is 5.97 Å². The molecule has 8 nitrogen and oxygen atoms in total. The van der Waals surface area contributed by atoms with Crippen molar-refractivity contribution in [2.75, 3.05) is 6.54 Å². The summed E-state index contributed by atoms with van der Waals surface area (Å²) in [5, 5.41) is 15.9. The standard InChI is InChI=1S/C21H28N4O4.ClH/c1-25-17-10-3-2-6-13(17)12-18(25)20(27)24-16(9-5-11-22)19(26)23-15-8-4-7-14(15)21(28)29;/h2-3,6,10,12,14-16H,4-5,7-9,11,22H2,1H3,(H,23,26)(H,24,27)(H,28,29);1H/t14-,15+,16+;/m1./s1. The lowest BCUT2D eigenvalue weighted by atomic mass is 10.0. The number of carboxylic acid groups (broad SMARTS) is 1. The van der Waals surface area contributed by atoms with E-state index < -0.39 is 24.0 Å². The van der Waals surface area contributed by atoms with Crippen molar-refractivity contribution in [1.29, 1.82) is 0 Å². The van der Waals surface area contributed by atoms with Crippen molar-refractivity contribution in [3.63, 3.8) is 0 Å². The number of aliphatic carboxylic acids is 1. The molecule has 2 amide bonds. The number of benzene rings is 1. The van der Waals surface area contributed by atoms with Gasteiger partial charge < -0.3 is 26.0 Å². The lowest BCUT2D eigenvalue weighted by Gasteiger charge is -2.23. The molecule has 1 aliphatic rings. The third kappa shape index (κ3) is 5.12. The molecule has 1 saturated carbocycles. The van der Waals surface area contributed by atoms with Crippen LogP contribution in [-0.4, -0.2) is 46.1 Å². The SMILES string of the molecule is Cl.Cn1c(C(=O)N[C@@H](CCCN)C(=O)N[C@H]2CCC[C@H]2C(=O)O)cc2ccccc21. The minimum absolute atomic E-state index is 0. The first kappa shape index (κ1) is 23.7. The Bertz CT molecular complexity index is 914. The van der Waals surface area contributed by atoms with Crippen LogP contribution in [0.5, 0.6) is 0 Å². The average Bonchev–Trinajstić information content (AvgIpc) is 3.30. The van der Waals surface area contributed by atoms with Crippen molar-refractivity contribution in [1.82, 2.24) is 15.2 Å². The number of carbonyl (C=O) groups is 3. The van der Waals surface area contributed by atoms with Crippen molar-refractivity contribution < 1.29 is 19.5 Å². The number of aryl methyl sites for hydroxylation is 1. The monoisotopic (exact) mass is 436 g/mol. The molecule has 164 valence electrons. The first-order valence-corrected chi connectivity index (χ1v) is 10.0. The van der Waals surface area contributed by atoms with Crippen molar-refractivity contribution in [3.05, 3.63) is 36.0 Å². The van der Waals surface area contributed by atoms with Gasteiger partial charge in [-0.25, -0.2) is 0 Å². The van der Waals surface area contributed by atoms with Crippen molar-refractivity contribution in [3.8, 4) is 0 Å². The number of fused-ring (bicyclic) bond motifs is 1. The summed E-state index contributed by atoms with van der Waals surface area (Å²) in [5.41, 5.74) is 6.98. The van der Waals surface area contributed by atoms with Gasteiger partial charge in [-0.1, -0.05) is 24.6 Å². The van der Waals surface area contributed by atoms with Crippen LogP contribution >= 0.6 is 12.4 Å². The van der Waals surface area contributed by atoms with E-state index in [0.29, 0.717) is 37.9 Å². The Hall–Kier alpha value is -2.58. The molecule has 5 N–H and O–H groups in total. The lowest BCUT2D eigenvalue weighted by Crippen LogP contribution is -2.51.